The van der Waals surface area contributed by atoms with E-state index in [4.69, 9.17) is 11.6 Å². The van der Waals surface area contributed by atoms with E-state index in [0.717, 1.165) is 0 Å². The van der Waals surface area contributed by atoms with Crippen molar-refractivity contribution < 1.29 is 22.8 Å². The average molecular weight is 287 g/mol. The van der Waals surface area contributed by atoms with Crippen LogP contribution in [0.3, 0.4) is 0 Å². The normalized spacial score (nSPS) is 20.0. The van der Waals surface area contributed by atoms with E-state index in [2.05, 4.69) is 5.32 Å². The van der Waals surface area contributed by atoms with E-state index in [0.29, 0.717) is 30.2 Å². The molecular formula is C10H14ClF3N2O2. The molecule has 4 nitrogen and oxygen atoms in total. The second-order valence-electron chi connectivity index (χ2n) is 3.99. The summed E-state index contributed by atoms with van der Waals surface area (Å²) in [5, 5.41) is 2.48. The summed E-state index contributed by atoms with van der Waals surface area (Å²) in [5.74, 6) is -2.14. The zero-order valence-electron chi connectivity index (χ0n) is 9.60. The van der Waals surface area contributed by atoms with Crippen LogP contribution in [0.4, 0.5) is 13.2 Å². The Bertz CT molecular complexity index is 323. The number of likely N-dealkylation sites (tertiary alicyclic amines) is 1. The lowest BCUT2D eigenvalue weighted by atomic mass is 10.2. The van der Waals surface area contributed by atoms with Crippen molar-refractivity contribution in [1.82, 2.24) is 10.2 Å². The second-order valence-corrected chi connectivity index (χ2v) is 4.37. The van der Waals surface area contributed by atoms with Crippen molar-refractivity contribution in [2.75, 3.05) is 19.0 Å². The number of carbonyl (C=O) groups is 2. The minimum atomic E-state index is -4.93. The third-order valence-corrected chi connectivity index (χ3v) is 2.94. The second kappa shape index (κ2) is 6.26. The summed E-state index contributed by atoms with van der Waals surface area (Å²) in [6.07, 6.45) is -3.74. The quantitative estimate of drug-likeness (QED) is 0.625. The minimum absolute atomic E-state index is 0.0358. The van der Waals surface area contributed by atoms with E-state index in [1.807, 2.05) is 0 Å². The molecule has 1 fully saturated rings. The van der Waals surface area contributed by atoms with Gasteiger partial charge in [-0.15, -0.1) is 11.6 Å². The largest absolute Gasteiger partial charge is 0.471 e. The molecule has 0 aromatic rings. The van der Waals surface area contributed by atoms with Gasteiger partial charge in [-0.1, -0.05) is 0 Å². The molecule has 1 aliphatic heterocycles. The van der Waals surface area contributed by atoms with Crippen LogP contribution in [-0.2, 0) is 9.59 Å². The molecule has 1 atom stereocenters. The molecule has 0 aromatic carbocycles. The monoisotopic (exact) mass is 286 g/mol. The summed E-state index contributed by atoms with van der Waals surface area (Å²) < 4.78 is 36.9. The standard InChI is InChI=1S/C10H14ClF3N2O2/c11-4-2-5-15-8(17)7-3-1-6-16(7)9(18)10(12,13)14/h7H,1-6H2,(H,15,17). The highest BCUT2D eigenvalue weighted by atomic mass is 35.5. The Morgan fingerprint density at radius 2 is 2.06 bits per heavy atom. The van der Waals surface area contributed by atoms with Crippen molar-refractivity contribution in [1.29, 1.82) is 0 Å². The van der Waals surface area contributed by atoms with Crippen LogP contribution in [-0.4, -0.2) is 47.9 Å². The summed E-state index contributed by atoms with van der Waals surface area (Å²) in [6, 6.07) is -1.02. The van der Waals surface area contributed by atoms with Crippen LogP contribution in [0.15, 0.2) is 0 Å². The predicted octanol–water partition coefficient (Wildman–Crippen LogP) is 1.28. The summed E-state index contributed by atoms with van der Waals surface area (Å²) >= 11 is 5.42. The number of carbonyl (C=O) groups excluding carboxylic acids is 2. The number of nitrogens with zero attached hydrogens (tertiary/aromatic N) is 1. The van der Waals surface area contributed by atoms with Gasteiger partial charge in [0.1, 0.15) is 6.04 Å². The van der Waals surface area contributed by atoms with Gasteiger partial charge in [0.15, 0.2) is 0 Å². The Morgan fingerprint density at radius 1 is 1.39 bits per heavy atom. The molecule has 1 N–H and O–H groups in total. The van der Waals surface area contributed by atoms with Crippen LogP contribution in [0.25, 0.3) is 0 Å². The van der Waals surface area contributed by atoms with Gasteiger partial charge < -0.3 is 10.2 Å². The van der Waals surface area contributed by atoms with Crippen molar-refractivity contribution in [2.45, 2.75) is 31.5 Å². The number of alkyl halides is 4. The number of hydrogen-bond acceptors (Lipinski definition) is 2. The molecule has 0 spiro atoms. The highest BCUT2D eigenvalue weighted by Gasteiger charge is 2.47. The molecule has 8 heteroatoms. The molecule has 1 aliphatic rings. The van der Waals surface area contributed by atoms with Gasteiger partial charge in [0.25, 0.3) is 0 Å². The zero-order chi connectivity index (χ0) is 13.8. The lowest BCUT2D eigenvalue weighted by molar-refractivity contribution is -0.186. The van der Waals surface area contributed by atoms with E-state index in [1.54, 1.807) is 0 Å². The van der Waals surface area contributed by atoms with Gasteiger partial charge in [0.2, 0.25) is 5.91 Å². The molecule has 18 heavy (non-hydrogen) atoms. The van der Waals surface area contributed by atoms with E-state index in [9.17, 15) is 22.8 Å². The maximum absolute atomic E-state index is 12.3. The van der Waals surface area contributed by atoms with Crippen LogP contribution >= 0.6 is 11.6 Å². The molecule has 0 saturated carbocycles. The van der Waals surface area contributed by atoms with E-state index in [-0.39, 0.29) is 13.0 Å². The summed E-state index contributed by atoms with van der Waals surface area (Å²) in [6.45, 7) is 0.263. The molecule has 1 saturated heterocycles. The lowest BCUT2D eigenvalue weighted by Gasteiger charge is -2.24. The third kappa shape index (κ3) is 3.76. The van der Waals surface area contributed by atoms with Gasteiger partial charge >= 0.3 is 12.1 Å². The molecule has 1 unspecified atom stereocenters. The highest BCUT2D eigenvalue weighted by Crippen LogP contribution is 2.25. The van der Waals surface area contributed by atoms with Crippen LogP contribution in [0.1, 0.15) is 19.3 Å². The van der Waals surface area contributed by atoms with Crippen LogP contribution in [0.2, 0.25) is 0 Å². The van der Waals surface area contributed by atoms with Crippen molar-refractivity contribution in [3.05, 3.63) is 0 Å². The molecule has 2 amide bonds. The van der Waals surface area contributed by atoms with Gasteiger partial charge in [0, 0.05) is 19.0 Å². The first-order chi connectivity index (χ1) is 8.38. The van der Waals surface area contributed by atoms with Crippen LogP contribution in [0.5, 0.6) is 0 Å². The SMILES string of the molecule is O=C(NCCCCl)C1CCCN1C(=O)C(F)(F)F. The predicted molar refractivity (Wildman–Crippen MR) is 59.1 cm³/mol. The third-order valence-electron chi connectivity index (χ3n) is 2.67. The highest BCUT2D eigenvalue weighted by molar-refractivity contribution is 6.17. The van der Waals surface area contributed by atoms with Crippen molar-refractivity contribution in [3.63, 3.8) is 0 Å². The fourth-order valence-electron chi connectivity index (χ4n) is 1.84. The first-order valence-electron chi connectivity index (χ1n) is 5.59. The Morgan fingerprint density at radius 3 is 2.61 bits per heavy atom. The van der Waals surface area contributed by atoms with E-state index < -0.39 is 24.0 Å². The maximum atomic E-state index is 12.3. The molecule has 104 valence electrons. The zero-order valence-corrected chi connectivity index (χ0v) is 10.4. The Balaban J connectivity index is 2.59. The fraction of sp³-hybridized carbons (Fsp3) is 0.800. The number of nitrogens with one attached hydrogen (secondary N) is 1. The number of hydrogen-bond donors (Lipinski definition) is 1. The Kier molecular flexibility index (Phi) is 5.25. The molecular weight excluding hydrogens is 273 g/mol. The molecule has 1 heterocycles. The minimum Gasteiger partial charge on any atom is -0.354 e. The summed E-state index contributed by atoms with van der Waals surface area (Å²) in [7, 11) is 0. The fourth-order valence-corrected chi connectivity index (χ4v) is 1.98. The van der Waals surface area contributed by atoms with Gasteiger partial charge in [-0.05, 0) is 19.3 Å². The van der Waals surface area contributed by atoms with Crippen LogP contribution < -0.4 is 5.32 Å². The van der Waals surface area contributed by atoms with Crippen LogP contribution in [0, 0.1) is 0 Å². The molecule has 0 aliphatic carbocycles. The Labute approximate surface area is 107 Å². The average Bonchev–Trinajstić information content (AvgIpc) is 2.75. The molecule has 0 aromatic heterocycles. The van der Waals surface area contributed by atoms with Crippen molar-refractivity contribution in [2.24, 2.45) is 0 Å². The van der Waals surface area contributed by atoms with Crippen molar-refractivity contribution in [3.8, 4) is 0 Å². The van der Waals surface area contributed by atoms with Crippen molar-refractivity contribution >= 4 is 23.4 Å². The van der Waals surface area contributed by atoms with Gasteiger partial charge in [0.05, 0.1) is 0 Å². The first-order valence-corrected chi connectivity index (χ1v) is 6.13. The van der Waals surface area contributed by atoms with Gasteiger partial charge in [-0.25, -0.2) is 0 Å². The number of rotatable bonds is 4. The topological polar surface area (TPSA) is 49.4 Å². The molecule has 1 rings (SSSR count). The molecule has 0 bridgehead atoms. The lowest BCUT2D eigenvalue weighted by Crippen LogP contribution is -2.50. The molecule has 0 radical (unpaired) electrons. The smallest absolute Gasteiger partial charge is 0.354 e. The summed E-state index contributed by atoms with van der Waals surface area (Å²) in [4.78, 5) is 23.4. The van der Waals surface area contributed by atoms with Gasteiger partial charge in [-0.3, -0.25) is 9.59 Å². The van der Waals surface area contributed by atoms with E-state index >= 15 is 0 Å². The first kappa shape index (κ1) is 15.1. The summed E-state index contributed by atoms with van der Waals surface area (Å²) in [5.41, 5.74) is 0. The van der Waals surface area contributed by atoms with Gasteiger partial charge in [-0.2, -0.15) is 13.2 Å². The Hall–Kier alpha value is -0.980. The van der Waals surface area contributed by atoms with E-state index in [1.165, 1.54) is 0 Å². The number of amides is 2. The number of halogens is 4. The maximum Gasteiger partial charge on any atom is 0.471 e.